The lowest BCUT2D eigenvalue weighted by Gasteiger charge is -2.20. The van der Waals surface area contributed by atoms with Crippen molar-refractivity contribution < 1.29 is 9.47 Å². The standard InChI is InChI=1S/C14H19N5O2S/c1-20-6-7-21-11-5-3-4-10(8-11)19(16)13-12(15)9-17-14(18-13)22-2/h3-5,8-9H,6-7,15-16H2,1-2H3. The number of aromatic nitrogens is 2. The number of nitrogens with two attached hydrogens (primary N) is 2. The average Bonchev–Trinajstić information content (AvgIpc) is 2.55. The molecule has 2 aromatic rings. The highest BCUT2D eigenvalue weighted by Crippen LogP contribution is 2.28. The minimum absolute atomic E-state index is 0.408. The summed E-state index contributed by atoms with van der Waals surface area (Å²) in [4.78, 5) is 8.45. The Bertz CT molecular complexity index is 626. The van der Waals surface area contributed by atoms with Gasteiger partial charge in [0.25, 0.3) is 0 Å². The van der Waals surface area contributed by atoms with Gasteiger partial charge >= 0.3 is 0 Å². The number of nitrogens with zero attached hydrogens (tertiary/aromatic N) is 3. The second kappa shape index (κ2) is 7.83. The summed E-state index contributed by atoms with van der Waals surface area (Å²) >= 11 is 1.42. The third-order valence-electron chi connectivity index (χ3n) is 2.84. The first-order chi connectivity index (χ1) is 10.7. The van der Waals surface area contributed by atoms with E-state index in [0.717, 1.165) is 0 Å². The van der Waals surface area contributed by atoms with Crippen LogP contribution < -0.4 is 21.3 Å². The quantitative estimate of drug-likeness (QED) is 0.262. The van der Waals surface area contributed by atoms with Crippen LogP contribution in [0.4, 0.5) is 17.2 Å². The van der Waals surface area contributed by atoms with Gasteiger partial charge < -0.3 is 15.2 Å². The molecule has 0 spiro atoms. The van der Waals surface area contributed by atoms with E-state index in [-0.39, 0.29) is 0 Å². The van der Waals surface area contributed by atoms with E-state index in [1.807, 2.05) is 30.5 Å². The lowest BCUT2D eigenvalue weighted by atomic mass is 10.3. The zero-order valence-electron chi connectivity index (χ0n) is 12.5. The van der Waals surface area contributed by atoms with Gasteiger partial charge in [0, 0.05) is 13.2 Å². The molecular formula is C14H19N5O2S. The van der Waals surface area contributed by atoms with E-state index in [9.17, 15) is 0 Å². The molecule has 118 valence electrons. The Morgan fingerprint density at radius 2 is 2.14 bits per heavy atom. The molecule has 4 N–H and O–H groups in total. The number of hydrogen-bond acceptors (Lipinski definition) is 8. The Balaban J connectivity index is 2.22. The number of benzene rings is 1. The van der Waals surface area contributed by atoms with Gasteiger partial charge in [0.05, 0.1) is 24.2 Å². The molecule has 7 nitrogen and oxygen atoms in total. The maximum Gasteiger partial charge on any atom is 0.189 e. The molecule has 0 fully saturated rings. The number of ether oxygens (including phenoxy) is 2. The van der Waals surface area contributed by atoms with E-state index in [4.69, 9.17) is 21.1 Å². The molecule has 0 amide bonds. The van der Waals surface area contributed by atoms with Crippen LogP contribution in [0, 0.1) is 0 Å². The van der Waals surface area contributed by atoms with Crippen molar-refractivity contribution in [1.82, 2.24) is 9.97 Å². The number of hydrazine groups is 1. The van der Waals surface area contributed by atoms with Gasteiger partial charge in [-0.3, -0.25) is 5.01 Å². The summed E-state index contributed by atoms with van der Waals surface area (Å²) in [5, 5.41) is 2.02. The molecule has 0 unspecified atom stereocenters. The van der Waals surface area contributed by atoms with E-state index >= 15 is 0 Å². The van der Waals surface area contributed by atoms with Crippen molar-refractivity contribution in [2.75, 3.05) is 37.3 Å². The summed E-state index contributed by atoms with van der Waals surface area (Å²) in [6.07, 6.45) is 3.44. The van der Waals surface area contributed by atoms with Crippen LogP contribution >= 0.6 is 11.8 Å². The minimum atomic E-state index is 0.408. The molecule has 1 aromatic heterocycles. The predicted molar refractivity (Wildman–Crippen MR) is 88.4 cm³/mol. The Hall–Kier alpha value is -2.03. The summed E-state index contributed by atoms with van der Waals surface area (Å²) in [5.74, 6) is 7.29. The molecule has 0 radical (unpaired) electrons. The Labute approximate surface area is 133 Å². The normalized spacial score (nSPS) is 10.5. The van der Waals surface area contributed by atoms with Gasteiger partial charge in [0.15, 0.2) is 11.0 Å². The monoisotopic (exact) mass is 321 g/mol. The minimum Gasteiger partial charge on any atom is -0.491 e. The SMILES string of the molecule is COCCOc1cccc(N(N)c2nc(SC)ncc2N)c1. The molecule has 8 heteroatoms. The van der Waals surface area contributed by atoms with Crippen molar-refractivity contribution in [3.05, 3.63) is 30.5 Å². The van der Waals surface area contributed by atoms with Crippen LogP contribution in [0.5, 0.6) is 5.75 Å². The number of rotatable bonds is 7. The third kappa shape index (κ3) is 4.00. The summed E-state index contributed by atoms with van der Waals surface area (Å²) in [6.45, 7) is 0.989. The lowest BCUT2D eigenvalue weighted by Crippen LogP contribution is -2.27. The van der Waals surface area contributed by atoms with Crippen molar-refractivity contribution in [3.63, 3.8) is 0 Å². The van der Waals surface area contributed by atoms with E-state index in [1.54, 1.807) is 13.3 Å². The number of thioether (sulfide) groups is 1. The highest BCUT2D eigenvalue weighted by atomic mass is 32.2. The first-order valence-electron chi connectivity index (χ1n) is 6.59. The summed E-state index contributed by atoms with van der Waals surface area (Å²) < 4.78 is 10.5. The fourth-order valence-corrected chi connectivity index (χ4v) is 2.08. The lowest BCUT2D eigenvalue weighted by molar-refractivity contribution is 0.146. The Morgan fingerprint density at radius 1 is 1.32 bits per heavy atom. The van der Waals surface area contributed by atoms with Crippen molar-refractivity contribution in [2.45, 2.75) is 5.16 Å². The third-order valence-corrected chi connectivity index (χ3v) is 3.40. The molecule has 0 aliphatic heterocycles. The number of hydrogen-bond donors (Lipinski definition) is 2. The van der Waals surface area contributed by atoms with Gasteiger partial charge in [0.1, 0.15) is 12.4 Å². The highest BCUT2D eigenvalue weighted by molar-refractivity contribution is 7.98. The largest absolute Gasteiger partial charge is 0.491 e. The highest BCUT2D eigenvalue weighted by Gasteiger charge is 2.12. The topological polar surface area (TPSA) is 99.5 Å². The van der Waals surface area contributed by atoms with E-state index in [2.05, 4.69) is 9.97 Å². The molecule has 0 saturated heterocycles. The Morgan fingerprint density at radius 3 is 2.86 bits per heavy atom. The van der Waals surface area contributed by atoms with Crippen molar-refractivity contribution in [1.29, 1.82) is 0 Å². The molecule has 0 bridgehead atoms. The fourth-order valence-electron chi connectivity index (χ4n) is 1.75. The summed E-state index contributed by atoms with van der Waals surface area (Å²) in [6, 6.07) is 7.37. The van der Waals surface area contributed by atoms with Crippen LogP contribution in [-0.4, -0.2) is 36.5 Å². The van der Waals surface area contributed by atoms with Crippen LogP contribution in [0.2, 0.25) is 0 Å². The van der Waals surface area contributed by atoms with Gasteiger partial charge in [-0.25, -0.2) is 15.8 Å². The number of methoxy groups -OCH3 is 1. The van der Waals surface area contributed by atoms with Gasteiger partial charge in [-0.2, -0.15) is 0 Å². The maximum absolute atomic E-state index is 6.14. The number of nitrogen functional groups attached to an aromatic ring is 1. The smallest absolute Gasteiger partial charge is 0.189 e. The second-order valence-corrected chi connectivity index (χ2v) is 5.12. The van der Waals surface area contributed by atoms with E-state index in [1.165, 1.54) is 16.8 Å². The van der Waals surface area contributed by atoms with Gasteiger partial charge in [0.2, 0.25) is 0 Å². The molecule has 2 rings (SSSR count). The zero-order valence-corrected chi connectivity index (χ0v) is 13.3. The first-order valence-corrected chi connectivity index (χ1v) is 7.81. The average molecular weight is 321 g/mol. The molecule has 1 aromatic carbocycles. The summed E-state index contributed by atoms with van der Waals surface area (Å²) in [5.41, 5.74) is 7.04. The summed E-state index contributed by atoms with van der Waals surface area (Å²) in [7, 11) is 1.63. The molecule has 0 aliphatic rings. The van der Waals surface area contributed by atoms with Gasteiger partial charge in [-0.1, -0.05) is 17.8 Å². The maximum atomic E-state index is 6.14. The van der Waals surface area contributed by atoms with Crippen molar-refractivity contribution in [3.8, 4) is 5.75 Å². The molecule has 22 heavy (non-hydrogen) atoms. The second-order valence-electron chi connectivity index (χ2n) is 4.34. The number of anilines is 3. The van der Waals surface area contributed by atoms with Crippen LogP contribution in [0.15, 0.2) is 35.6 Å². The van der Waals surface area contributed by atoms with Gasteiger partial charge in [-0.05, 0) is 18.4 Å². The van der Waals surface area contributed by atoms with Crippen LogP contribution in [-0.2, 0) is 4.74 Å². The first kappa shape index (κ1) is 16.3. The molecule has 0 aliphatic carbocycles. The molecule has 0 atom stereocenters. The van der Waals surface area contributed by atoms with Crippen LogP contribution in [0.25, 0.3) is 0 Å². The fraction of sp³-hybridized carbons (Fsp3) is 0.286. The van der Waals surface area contributed by atoms with Gasteiger partial charge in [-0.15, -0.1) is 0 Å². The van der Waals surface area contributed by atoms with Crippen LogP contribution in [0.3, 0.4) is 0 Å². The van der Waals surface area contributed by atoms with E-state index < -0.39 is 0 Å². The van der Waals surface area contributed by atoms with E-state index in [0.29, 0.717) is 41.3 Å². The van der Waals surface area contributed by atoms with Crippen molar-refractivity contribution in [2.24, 2.45) is 5.84 Å². The van der Waals surface area contributed by atoms with Crippen LogP contribution in [0.1, 0.15) is 0 Å². The zero-order chi connectivity index (χ0) is 15.9. The molecule has 0 saturated carbocycles. The van der Waals surface area contributed by atoms with Crippen molar-refractivity contribution >= 4 is 29.0 Å². The predicted octanol–water partition coefficient (Wildman–Crippen LogP) is 1.82. The molecule has 1 heterocycles. The molecular weight excluding hydrogens is 302 g/mol. The Kier molecular flexibility index (Phi) is 5.82.